The van der Waals surface area contributed by atoms with E-state index in [9.17, 15) is 0 Å². The molecule has 1 aromatic heterocycles. The third kappa shape index (κ3) is 6.00. The van der Waals surface area contributed by atoms with Gasteiger partial charge in [-0.2, -0.15) is 0 Å². The molecule has 0 saturated heterocycles. The fourth-order valence-electron chi connectivity index (χ4n) is 1.61. The number of hydrogen-bond donors (Lipinski definition) is 1. The van der Waals surface area contributed by atoms with E-state index < -0.39 is 0 Å². The van der Waals surface area contributed by atoms with Crippen LogP contribution in [0.25, 0.3) is 0 Å². The van der Waals surface area contributed by atoms with E-state index in [1.807, 2.05) is 11.3 Å². The molecule has 17 heavy (non-hydrogen) atoms. The van der Waals surface area contributed by atoms with Gasteiger partial charge in [0.1, 0.15) is 0 Å². The number of rotatable bonds is 8. The van der Waals surface area contributed by atoms with Gasteiger partial charge in [-0.05, 0) is 48.9 Å². The highest BCUT2D eigenvalue weighted by Crippen LogP contribution is 2.21. The molecule has 1 rings (SSSR count). The fraction of sp³-hybridized carbons (Fsp3) is 0.692. The second-order valence-corrected chi connectivity index (χ2v) is 6.46. The minimum atomic E-state index is 0.577. The van der Waals surface area contributed by atoms with Crippen molar-refractivity contribution in [3.63, 3.8) is 0 Å². The summed E-state index contributed by atoms with van der Waals surface area (Å²) in [5.41, 5.74) is 0. The van der Waals surface area contributed by atoms with Gasteiger partial charge in [0.25, 0.3) is 0 Å². The lowest BCUT2D eigenvalue weighted by atomic mass is 10.2. The first-order chi connectivity index (χ1) is 8.13. The standard InChI is InChI=1S/C13H23BrN2S/c1-4-5-6-15-8-11(2)16(3)9-13-7-12(14)10-17-13/h7,10-11,15H,4-6,8-9H2,1-3H3. The summed E-state index contributed by atoms with van der Waals surface area (Å²) in [5.74, 6) is 0. The maximum atomic E-state index is 3.51. The third-order valence-electron chi connectivity index (χ3n) is 2.93. The summed E-state index contributed by atoms with van der Waals surface area (Å²) in [6.45, 7) is 7.75. The third-order valence-corrected chi connectivity index (χ3v) is 4.61. The molecular formula is C13H23BrN2S. The van der Waals surface area contributed by atoms with Gasteiger partial charge >= 0.3 is 0 Å². The minimum absolute atomic E-state index is 0.577. The Morgan fingerprint density at radius 3 is 2.88 bits per heavy atom. The quantitative estimate of drug-likeness (QED) is 0.735. The summed E-state index contributed by atoms with van der Waals surface area (Å²) < 4.78 is 1.19. The van der Waals surface area contributed by atoms with Crippen molar-refractivity contribution in [2.45, 2.75) is 39.3 Å². The van der Waals surface area contributed by atoms with Gasteiger partial charge in [-0.3, -0.25) is 4.90 Å². The highest BCUT2D eigenvalue weighted by molar-refractivity contribution is 9.10. The van der Waals surface area contributed by atoms with Crippen LogP contribution in [0.2, 0.25) is 0 Å². The van der Waals surface area contributed by atoms with Crippen LogP contribution in [0.1, 0.15) is 31.6 Å². The van der Waals surface area contributed by atoms with Crippen molar-refractivity contribution in [2.24, 2.45) is 0 Å². The van der Waals surface area contributed by atoms with Crippen molar-refractivity contribution in [1.29, 1.82) is 0 Å². The van der Waals surface area contributed by atoms with Gasteiger partial charge in [-0.1, -0.05) is 13.3 Å². The molecule has 0 aliphatic rings. The Morgan fingerprint density at radius 1 is 1.53 bits per heavy atom. The van der Waals surface area contributed by atoms with E-state index in [2.05, 4.69) is 58.5 Å². The smallest absolute Gasteiger partial charge is 0.0328 e. The van der Waals surface area contributed by atoms with Crippen LogP contribution in [0, 0.1) is 0 Å². The molecule has 1 heterocycles. The number of unbranched alkanes of at least 4 members (excludes halogenated alkanes) is 1. The number of halogens is 1. The average molecular weight is 319 g/mol. The molecule has 1 unspecified atom stereocenters. The molecule has 1 aromatic rings. The van der Waals surface area contributed by atoms with Crippen molar-refractivity contribution >= 4 is 27.3 Å². The minimum Gasteiger partial charge on any atom is -0.315 e. The molecule has 0 saturated carbocycles. The molecule has 98 valence electrons. The highest BCUT2D eigenvalue weighted by atomic mass is 79.9. The van der Waals surface area contributed by atoms with Gasteiger partial charge in [-0.15, -0.1) is 11.3 Å². The van der Waals surface area contributed by atoms with Crippen molar-refractivity contribution in [3.8, 4) is 0 Å². The summed E-state index contributed by atoms with van der Waals surface area (Å²) in [6, 6.07) is 2.78. The summed E-state index contributed by atoms with van der Waals surface area (Å²) in [4.78, 5) is 3.82. The highest BCUT2D eigenvalue weighted by Gasteiger charge is 2.10. The van der Waals surface area contributed by atoms with Gasteiger partial charge in [0.15, 0.2) is 0 Å². The Bertz CT molecular complexity index is 314. The Balaban J connectivity index is 2.24. The first kappa shape index (κ1) is 15.2. The van der Waals surface area contributed by atoms with Crippen LogP contribution in [-0.4, -0.2) is 31.1 Å². The first-order valence-corrected chi connectivity index (χ1v) is 7.94. The fourth-order valence-corrected chi connectivity index (χ4v) is 3.12. The van der Waals surface area contributed by atoms with E-state index in [1.165, 1.54) is 22.2 Å². The Labute approximate surface area is 118 Å². The summed E-state index contributed by atoms with van der Waals surface area (Å²) >= 11 is 5.32. The van der Waals surface area contributed by atoms with Crippen LogP contribution >= 0.6 is 27.3 Å². The Hall–Kier alpha value is 0.1000. The van der Waals surface area contributed by atoms with Crippen molar-refractivity contribution in [1.82, 2.24) is 10.2 Å². The largest absolute Gasteiger partial charge is 0.315 e. The topological polar surface area (TPSA) is 15.3 Å². The number of nitrogens with one attached hydrogen (secondary N) is 1. The van der Waals surface area contributed by atoms with E-state index >= 15 is 0 Å². The zero-order valence-electron chi connectivity index (χ0n) is 11.0. The summed E-state index contributed by atoms with van der Waals surface area (Å²) in [6.07, 6.45) is 2.54. The predicted molar refractivity (Wildman–Crippen MR) is 80.7 cm³/mol. The monoisotopic (exact) mass is 318 g/mol. The van der Waals surface area contributed by atoms with Gasteiger partial charge in [0, 0.05) is 33.9 Å². The second kappa shape index (κ2) is 8.25. The van der Waals surface area contributed by atoms with Crippen LogP contribution < -0.4 is 5.32 Å². The number of thiophene rings is 1. The van der Waals surface area contributed by atoms with Crippen LogP contribution in [0.4, 0.5) is 0 Å². The Morgan fingerprint density at radius 2 is 2.29 bits per heavy atom. The lowest BCUT2D eigenvalue weighted by Gasteiger charge is -2.24. The number of hydrogen-bond acceptors (Lipinski definition) is 3. The molecule has 0 aromatic carbocycles. The molecule has 0 amide bonds. The van der Waals surface area contributed by atoms with Crippen molar-refractivity contribution in [3.05, 3.63) is 20.8 Å². The van der Waals surface area contributed by atoms with E-state index in [1.54, 1.807) is 0 Å². The predicted octanol–water partition coefficient (Wildman–Crippen LogP) is 3.72. The summed E-state index contributed by atoms with van der Waals surface area (Å²) in [5, 5.41) is 5.66. The van der Waals surface area contributed by atoms with Gasteiger partial charge in [-0.25, -0.2) is 0 Å². The number of likely N-dealkylation sites (N-methyl/N-ethyl adjacent to an activating group) is 1. The van der Waals surface area contributed by atoms with Crippen LogP contribution in [0.15, 0.2) is 15.9 Å². The maximum Gasteiger partial charge on any atom is 0.0328 e. The van der Waals surface area contributed by atoms with Gasteiger partial charge < -0.3 is 5.32 Å². The van der Waals surface area contributed by atoms with Crippen LogP contribution in [0.3, 0.4) is 0 Å². The van der Waals surface area contributed by atoms with E-state index in [4.69, 9.17) is 0 Å². The van der Waals surface area contributed by atoms with E-state index in [-0.39, 0.29) is 0 Å². The zero-order chi connectivity index (χ0) is 12.7. The normalized spacial score (nSPS) is 13.2. The molecule has 0 radical (unpaired) electrons. The molecular weight excluding hydrogens is 296 g/mol. The number of nitrogens with zero attached hydrogens (tertiary/aromatic N) is 1. The molecule has 4 heteroatoms. The van der Waals surface area contributed by atoms with Crippen LogP contribution in [0.5, 0.6) is 0 Å². The molecule has 0 aliphatic carbocycles. The van der Waals surface area contributed by atoms with Gasteiger partial charge in [0.2, 0.25) is 0 Å². The SMILES string of the molecule is CCCCNCC(C)N(C)Cc1cc(Br)cs1. The zero-order valence-corrected chi connectivity index (χ0v) is 13.4. The van der Waals surface area contributed by atoms with E-state index in [0.717, 1.165) is 19.6 Å². The second-order valence-electron chi connectivity index (χ2n) is 4.55. The Kier molecular flexibility index (Phi) is 7.35. The van der Waals surface area contributed by atoms with E-state index in [0.29, 0.717) is 6.04 Å². The molecule has 0 spiro atoms. The molecule has 1 atom stereocenters. The van der Waals surface area contributed by atoms with Crippen molar-refractivity contribution in [2.75, 3.05) is 20.1 Å². The average Bonchev–Trinajstić information content (AvgIpc) is 2.70. The first-order valence-electron chi connectivity index (χ1n) is 6.27. The maximum absolute atomic E-state index is 3.51. The van der Waals surface area contributed by atoms with Crippen molar-refractivity contribution < 1.29 is 0 Å². The molecule has 2 nitrogen and oxygen atoms in total. The summed E-state index contributed by atoms with van der Waals surface area (Å²) in [7, 11) is 2.19. The molecule has 0 aliphatic heterocycles. The van der Waals surface area contributed by atoms with Crippen LogP contribution in [-0.2, 0) is 6.54 Å². The molecule has 0 fully saturated rings. The molecule has 1 N–H and O–H groups in total. The molecule has 0 bridgehead atoms. The van der Waals surface area contributed by atoms with Gasteiger partial charge in [0.05, 0.1) is 0 Å². The lowest BCUT2D eigenvalue weighted by molar-refractivity contribution is 0.245. The lowest BCUT2D eigenvalue weighted by Crippen LogP contribution is -2.37.